The van der Waals surface area contributed by atoms with Crippen molar-refractivity contribution in [3.8, 4) is 0 Å². The molecule has 1 aromatic carbocycles. The standard InChI is InChI=1S/C12H11Cl3N2OS2/c13-12(14,15)10(20-11-16-6-7-19-11)17-9(18)8-4-2-1-3-5-8/h1-5,10H,6-7H2,(H,17,18). The van der Waals surface area contributed by atoms with Crippen molar-refractivity contribution in [2.24, 2.45) is 4.99 Å². The molecule has 1 amide bonds. The number of amides is 1. The predicted molar refractivity (Wildman–Crippen MR) is 90.3 cm³/mol. The fraction of sp³-hybridized carbons (Fsp3) is 0.333. The van der Waals surface area contributed by atoms with Gasteiger partial charge in [0.15, 0.2) is 0 Å². The van der Waals surface area contributed by atoms with Crippen LogP contribution >= 0.6 is 58.3 Å². The van der Waals surface area contributed by atoms with Gasteiger partial charge in [-0.15, -0.1) is 0 Å². The number of nitrogens with one attached hydrogen (secondary N) is 1. The van der Waals surface area contributed by atoms with E-state index in [2.05, 4.69) is 10.3 Å². The number of rotatable bonds is 3. The molecule has 0 saturated carbocycles. The molecule has 0 radical (unpaired) electrons. The summed E-state index contributed by atoms with van der Waals surface area (Å²) >= 11 is 20.7. The summed E-state index contributed by atoms with van der Waals surface area (Å²) in [4.78, 5) is 16.4. The zero-order chi connectivity index (χ0) is 14.6. The molecule has 1 aliphatic heterocycles. The van der Waals surface area contributed by atoms with Crippen molar-refractivity contribution in [1.29, 1.82) is 0 Å². The highest BCUT2D eigenvalue weighted by Crippen LogP contribution is 2.39. The van der Waals surface area contributed by atoms with Crippen molar-refractivity contribution in [2.75, 3.05) is 12.3 Å². The molecule has 20 heavy (non-hydrogen) atoms. The van der Waals surface area contributed by atoms with E-state index in [4.69, 9.17) is 34.8 Å². The molecule has 1 atom stereocenters. The number of hydrogen-bond donors (Lipinski definition) is 1. The van der Waals surface area contributed by atoms with Gasteiger partial charge < -0.3 is 5.32 Å². The van der Waals surface area contributed by atoms with Crippen LogP contribution in [0, 0.1) is 0 Å². The van der Waals surface area contributed by atoms with Crippen molar-refractivity contribution in [2.45, 2.75) is 9.17 Å². The van der Waals surface area contributed by atoms with Gasteiger partial charge in [0.1, 0.15) is 9.75 Å². The Labute approximate surface area is 140 Å². The first-order valence-corrected chi connectivity index (χ1v) is 8.73. The summed E-state index contributed by atoms with van der Waals surface area (Å²) < 4.78 is -0.782. The second-order valence-corrected chi connectivity index (χ2v) is 8.68. The molecule has 1 N–H and O–H groups in total. The smallest absolute Gasteiger partial charge is 0.252 e. The van der Waals surface area contributed by atoms with Crippen molar-refractivity contribution in [1.82, 2.24) is 5.32 Å². The van der Waals surface area contributed by atoms with Gasteiger partial charge in [-0.1, -0.05) is 76.5 Å². The van der Waals surface area contributed by atoms with E-state index in [0.29, 0.717) is 5.56 Å². The molecule has 8 heteroatoms. The Bertz CT molecular complexity index is 505. The lowest BCUT2D eigenvalue weighted by molar-refractivity contribution is 0.0950. The van der Waals surface area contributed by atoms with E-state index >= 15 is 0 Å². The molecule has 0 aliphatic carbocycles. The minimum Gasteiger partial charge on any atom is -0.336 e. The van der Waals surface area contributed by atoms with E-state index in [-0.39, 0.29) is 5.91 Å². The van der Waals surface area contributed by atoms with Crippen molar-refractivity contribution in [3.05, 3.63) is 35.9 Å². The third-order valence-electron chi connectivity index (χ3n) is 2.37. The summed E-state index contributed by atoms with van der Waals surface area (Å²) in [6, 6.07) is 8.81. The van der Waals surface area contributed by atoms with Gasteiger partial charge in [0.25, 0.3) is 5.91 Å². The van der Waals surface area contributed by atoms with Crippen LogP contribution in [0.3, 0.4) is 0 Å². The number of alkyl halides is 3. The SMILES string of the molecule is O=C(NC(SC1=NCCS1)C(Cl)(Cl)Cl)c1ccccc1. The van der Waals surface area contributed by atoms with Crippen LogP contribution in [-0.4, -0.2) is 31.7 Å². The molecule has 0 aromatic heterocycles. The van der Waals surface area contributed by atoms with E-state index < -0.39 is 9.17 Å². The quantitative estimate of drug-likeness (QED) is 0.648. The average molecular weight is 370 g/mol. The predicted octanol–water partition coefficient (Wildman–Crippen LogP) is 3.95. The zero-order valence-electron chi connectivity index (χ0n) is 10.2. The molecule has 3 nitrogen and oxygen atoms in total. The first-order chi connectivity index (χ1) is 9.47. The normalized spacial score (nSPS) is 16.6. The largest absolute Gasteiger partial charge is 0.336 e. The first-order valence-electron chi connectivity index (χ1n) is 5.73. The Morgan fingerprint density at radius 2 is 2.05 bits per heavy atom. The number of benzene rings is 1. The topological polar surface area (TPSA) is 41.5 Å². The highest BCUT2D eigenvalue weighted by Gasteiger charge is 2.36. The second kappa shape index (κ2) is 7.27. The third kappa shape index (κ3) is 4.74. The molecule has 1 aliphatic rings. The number of halogens is 3. The minimum absolute atomic E-state index is 0.280. The van der Waals surface area contributed by atoms with E-state index in [1.807, 2.05) is 6.07 Å². The summed E-state index contributed by atoms with van der Waals surface area (Å²) in [7, 11) is 0. The lowest BCUT2D eigenvalue weighted by atomic mass is 10.2. The van der Waals surface area contributed by atoms with E-state index in [0.717, 1.165) is 16.7 Å². The monoisotopic (exact) mass is 368 g/mol. The number of thioether (sulfide) groups is 2. The van der Waals surface area contributed by atoms with Crippen molar-refractivity contribution >= 4 is 68.6 Å². The number of carbonyl (C=O) groups is 1. The first kappa shape index (κ1) is 16.3. The van der Waals surface area contributed by atoms with E-state index in [9.17, 15) is 4.79 Å². The van der Waals surface area contributed by atoms with Crippen LogP contribution < -0.4 is 5.32 Å². The lowest BCUT2D eigenvalue weighted by Crippen LogP contribution is -2.41. The van der Waals surface area contributed by atoms with Crippen molar-refractivity contribution < 1.29 is 4.79 Å². The van der Waals surface area contributed by atoms with Crippen LogP contribution in [-0.2, 0) is 0 Å². The van der Waals surface area contributed by atoms with Gasteiger partial charge in [-0.05, 0) is 12.1 Å². The molecule has 1 unspecified atom stereocenters. The Morgan fingerprint density at radius 1 is 1.35 bits per heavy atom. The number of carbonyl (C=O) groups excluding carboxylic acids is 1. The fourth-order valence-electron chi connectivity index (χ4n) is 1.46. The Balaban J connectivity index is 2.06. The van der Waals surface area contributed by atoms with Crippen LogP contribution in [0.25, 0.3) is 0 Å². The van der Waals surface area contributed by atoms with E-state index in [1.54, 1.807) is 36.0 Å². The zero-order valence-corrected chi connectivity index (χ0v) is 14.1. The number of hydrogen-bond acceptors (Lipinski definition) is 4. The maximum atomic E-state index is 12.1. The maximum absolute atomic E-state index is 12.1. The number of nitrogens with zero attached hydrogens (tertiary/aromatic N) is 1. The van der Waals surface area contributed by atoms with Crippen LogP contribution in [0.1, 0.15) is 10.4 Å². The highest BCUT2D eigenvalue weighted by molar-refractivity contribution is 8.39. The summed E-state index contributed by atoms with van der Waals surface area (Å²) in [6.45, 7) is 0.756. The molecule has 1 aromatic rings. The second-order valence-electron chi connectivity index (χ2n) is 3.88. The van der Waals surface area contributed by atoms with Crippen LogP contribution in [0.4, 0.5) is 0 Å². The molecular weight excluding hydrogens is 359 g/mol. The summed E-state index contributed by atoms with van der Waals surface area (Å²) in [5.41, 5.74) is 0.522. The summed E-state index contributed by atoms with van der Waals surface area (Å²) in [5, 5.41) is 2.04. The maximum Gasteiger partial charge on any atom is 0.252 e. The average Bonchev–Trinajstić information content (AvgIpc) is 2.91. The van der Waals surface area contributed by atoms with Gasteiger partial charge in [-0.3, -0.25) is 9.79 Å². The summed E-state index contributed by atoms with van der Waals surface area (Å²) in [6.07, 6.45) is 0. The van der Waals surface area contributed by atoms with Gasteiger partial charge in [-0.25, -0.2) is 0 Å². The molecule has 0 bridgehead atoms. The van der Waals surface area contributed by atoms with Crippen LogP contribution in [0.2, 0.25) is 0 Å². The Morgan fingerprint density at radius 3 is 2.60 bits per heavy atom. The fourth-order valence-corrected chi connectivity index (χ4v) is 4.04. The van der Waals surface area contributed by atoms with Crippen molar-refractivity contribution in [3.63, 3.8) is 0 Å². The molecule has 0 saturated heterocycles. The van der Waals surface area contributed by atoms with E-state index in [1.165, 1.54) is 11.8 Å². The highest BCUT2D eigenvalue weighted by atomic mass is 35.6. The van der Waals surface area contributed by atoms with Gasteiger partial charge in [-0.2, -0.15) is 0 Å². The molecular formula is C12H11Cl3N2OS2. The van der Waals surface area contributed by atoms with Gasteiger partial charge in [0, 0.05) is 11.3 Å². The van der Waals surface area contributed by atoms with Gasteiger partial charge in [0.2, 0.25) is 3.79 Å². The van der Waals surface area contributed by atoms with Gasteiger partial charge >= 0.3 is 0 Å². The molecule has 108 valence electrons. The molecule has 0 spiro atoms. The Kier molecular flexibility index (Phi) is 5.93. The van der Waals surface area contributed by atoms with Crippen LogP contribution in [0.15, 0.2) is 35.3 Å². The number of aliphatic imine (C=N–C) groups is 1. The molecule has 1 heterocycles. The molecule has 0 fully saturated rings. The Hall–Kier alpha value is -0.0700. The minimum atomic E-state index is -1.61. The van der Waals surface area contributed by atoms with Gasteiger partial charge in [0.05, 0.1) is 6.54 Å². The lowest BCUT2D eigenvalue weighted by Gasteiger charge is -2.24. The van der Waals surface area contributed by atoms with Crippen LogP contribution in [0.5, 0.6) is 0 Å². The summed E-state index contributed by atoms with van der Waals surface area (Å²) in [5.74, 6) is 0.639. The third-order valence-corrected chi connectivity index (χ3v) is 5.86. The molecule has 2 rings (SSSR count).